The van der Waals surface area contributed by atoms with E-state index in [1.807, 2.05) is 48.9 Å². The molecule has 98 valence electrons. The number of hydrogen-bond acceptors (Lipinski definition) is 3. The molecule has 2 rings (SSSR count). The summed E-state index contributed by atoms with van der Waals surface area (Å²) < 4.78 is 1.87. The number of hydrogen-bond donors (Lipinski definition) is 0. The summed E-state index contributed by atoms with van der Waals surface area (Å²) in [5.41, 5.74) is 3.69. The van der Waals surface area contributed by atoms with Crippen molar-refractivity contribution >= 4 is 6.08 Å². The zero-order valence-electron chi connectivity index (χ0n) is 10.9. The van der Waals surface area contributed by atoms with Crippen LogP contribution in [-0.2, 0) is 6.54 Å². The second kappa shape index (κ2) is 5.48. The first-order valence-corrected chi connectivity index (χ1v) is 5.97. The molecule has 0 saturated heterocycles. The molecule has 19 heavy (non-hydrogen) atoms. The molecule has 1 aromatic heterocycles. The molecule has 5 heteroatoms. The highest BCUT2D eigenvalue weighted by atomic mass is 16.6. The summed E-state index contributed by atoms with van der Waals surface area (Å²) in [4.78, 5) is 9.92. The molecule has 0 aliphatic heterocycles. The lowest BCUT2D eigenvalue weighted by atomic mass is 10.2. The molecule has 0 aliphatic carbocycles. The van der Waals surface area contributed by atoms with Crippen molar-refractivity contribution in [2.24, 2.45) is 0 Å². The van der Waals surface area contributed by atoms with Gasteiger partial charge < -0.3 is 0 Å². The Balaban J connectivity index is 2.29. The first kappa shape index (κ1) is 13.0. The highest BCUT2D eigenvalue weighted by Crippen LogP contribution is 2.16. The number of aryl methyl sites for hydroxylation is 1. The molecule has 0 amide bonds. The number of benzene rings is 1. The maximum Gasteiger partial charge on any atom is 0.235 e. The van der Waals surface area contributed by atoms with Gasteiger partial charge in [0.15, 0.2) is 0 Å². The van der Waals surface area contributed by atoms with Gasteiger partial charge in [0.2, 0.25) is 6.20 Å². The largest absolute Gasteiger partial charge is 0.265 e. The first-order valence-electron chi connectivity index (χ1n) is 5.97. The Morgan fingerprint density at radius 2 is 2.00 bits per heavy atom. The molecule has 5 nitrogen and oxygen atoms in total. The van der Waals surface area contributed by atoms with E-state index in [4.69, 9.17) is 0 Å². The highest BCUT2D eigenvalue weighted by molar-refractivity contribution is 5.53. The van der Waals surface area contributed by atoms with E-state index in [-0.39, 0.29) is 0 Å². The van der Waals surface area contributed by atoms with Gasteiger partial charge in [0.25, 0.3) is 0 Å². The van der Waals surface area contributed by atoms with E-state index in [0.29, 0.717) is 6.54 Å². The van der Waals surface area contributed by atoms with Crippen LogP contribution in [0.15, 0.2) is 36.5 Å². The Labute approximate surface area is 111 Å². The molecule has 1 aromatic carbocycles. The summed E-state index contributed by atoms with van der Waals surface area (Å²) in [5.74, 6) is 0. The lowest BCUT2D eigenvalue weighted by Gasteiger charge is -2.04. The lowest BCUT2D eigenvalue weighted by Crippen LogP contribution is -2.03. The van der Waals surface area contributed by atoms with Gasteiger partial charge in [-0.3, -0.25) is 14.8 Å². The summed E-state index contributed by atoms with van der Waals surface area (Å²) in [6.07, 6.45) is 2.45. The van der Waals surface area contributed by atoms with Gasteiger partial charge in [0.05, 0.1) is 17.2 Å². The van der Waals surface area contributed by atoms with E-state index >= 15 is 0 Å². The fourth-order valence-electron chi connectivity index (χ4n) is 2.00. The number of aromatic nitrogens is 2. The summed E-state index contributed by atoms with van der Waals surface area (Å²) >= 11 is 0. The van der Waals surface area contributed by atoms with Crippen LogP contribution in [0.2, 0.25) is 0 Å². The smallest absolute Gasteiger partial charge is 0.235 e. The van der Waals surface area contributed by atoms with Crippen LogP contribution in [-0.4, -0.2) is 14.7 Å². The van der Waals surface area contributed by atoms with Crippen molar-refractivity contribution in [3.05, 3.63) is 69.2 Å². The van der Waals surface area contributed by atoms with Gasteiger partial charge in [0.1, 0.15) is 0 Å². The molecular weight excluding hydrogens is 242 g/mol. The predicted molar refractivity (Wildman–Crippen MR) is 73.3 cm³/mol. The minimum Gasteiger partial charge on any atom is -0.265 e. The van der Waals surface area contributed by atoms with Gasteiger partial charge in [-0.15, -0.1) is 0 Å². The lowest BCUT2D eigenvalue weighted by molar-refractivity contribution is -0.400. The third-order valence-electron chi connectivity index (χ3n) is 2.98. The van der Waals surface area contributed by atoms with Crippen molar-refractivity contribution in [2.45, 2.75) is 20.4 Å². The molecule has 0 saturated carbocycles. The van der Waals surface area contributed by atoms with Crippen LogP contribution >= 0.6 is 0 Å². The average molecular weight is 257 g/mol. The van der Waals surface area contributed by atoms with Gasteiger partial charge >= 0.3 is 0 Å². The van der Waals surface area contributed by atoms with Crippen molar-refractivity contribution in [1.29, 1.82) is 0 Å². The monoisotopic (exact) mass is 257 g/mol. The van der Waals surface area contributed by atoms with Crippen LogP contribution in [0.5, 0.6) is 0 Å². The molecule has 0 unspecified atom stereocenters. The number of rotatable bonds is 4. The van der Waals surface area contributed by atoms with Gasteiger partial charge in [-0.1, -0.05) is 30.3 Å². The molecule has 0 N–H and O–H groups in total. The standard InChI is InChI=1S/C14H15N3O2/c1-11-14(8-9-17(18)19)12(2)16(15-11)10-13-6-4-3-5-7-13/h3-9H,10H2,1-2H3/b9-8+. The quantitative estimate of drug-likeness (QED) is 0.625. The van der Waals surface area contributed by atoms with E-state index in [2.05, 4.69) is 5.10 Å². The fourth-order valence-corrected chi connectivity index (χ4v) is 2.00. The molecule has 2 aromatic rings. The molecule has 0 bridgehead atoms. The maximum atomic E-state index is 10.4. The third-order valence-corrected chi connectivity index (χ3v) is 2.98. The maximum absolute atomic E-state index is 10.4. The van der Waals surface area contributed by atoms with Crippen LogP contribution in [0.25, 0.3) is 6.08 Å². The minimum atomic E-state index is -0.465. The average Bonchev–Trinajstić information content (AvgIpc) is 2.63. The number of nitro groups is 1. The third kappa shape index (κ3) is 3.07. The first-order chi connectivity index (χ1) is 9.08. The van der Waals surface area contributed by atoms with Crippen molar-refractivity contribution < 1.29 is 4.92 Å². The highest BCUT2D eigenvalue weighted by Gasteiger charge is 2.10. The molecule has 0 radical (unpaired) electrons. The molecule has 0 aliphatic rings. The normalized spacial score (nSPS) is 11.1. The topological polar surface area (TPSA) is 61.0 Å². The Bertz CT molecular complexity index is 615. The fraction of sp³-hybridized carbons (Fsp3) is 0.214. The molecule has 0 atom stereocenters. The van der Waals surface area contributed by atoms with E-state index in [1.165, 1.54) is 6.08 Å². The van der Waals surface area contributed by atoms with Gasteiger partial charge in [-0.05, 0) is 19.4 Å². The van der Waals surface area contributed by atoms with E-state index < -0.39 is 4.92 Å². The summed E-state index contributed by atoms with van der Waals surface area (Å²) in [7, 11) is 0. The summed E-state index contributed by atoms with van der Waals surface area (Å²) in [6.45, 7) is 4.44. The van der Waals surface area contributed by atoms with Crippen LogP contribution in [0.3, 0.4) is 0 Å². The van der Waals surface area contributed by atoms with Crippen molar-refractivity contribution in [2.75, 3.05) is 0 Å². The van der Waals surface area contributed by atoms with Gasteiger partial charge in [-0.2, -0.15) is 5.10 Å². The SMILES string of the molecule is Cc1nn(Cc2ccccc2)c(C)c1/C=C/[N+](=O)[O-]. The Morgan fingerprint density at radius 1 is 1.32 bits per heavy atom. The van der Waals surface area contributed by atoms with E-state index in [9.17, 15) is 10.1 Å². The van der Waals surface area contributed by atoms with E-state index in [0.717, 1.165) is 28.7 Å². The van der Waals surface area contributed by atoms with E-state index in [1.54, 1.807) is 0 Å². The molecular formula is C14H15N3O2. The Hall–Kier alpha value is -2.43. The Morgan fingerprint density at radius 3 is 2.63 bits per heavy atom. The van der Waals surface area contributed by atoms with Crippen LogP contribution in [0, 0.1) is 24.0 Å². The second-order valence-electron chi connectivity index (χ2n) is 4.33. The van der Waals surface area contributed by atoms with Crippen molar-refractivity contribution in [1.82, 2.24) is 9.78 Å². The zero-order valence-corrected chi connectivity index (χ0v) is 10.9. The summed E-state index contributed by atoms with van der Waals surface area (Å²) in [6, 6.07) is 9.99. The molecule has 1 heterocycles. The number of nitrogens with zero attached hydrogens (tertiary/aromatic N) is 3. The molecule has 0 fully saturated rings. The van der Waals surface area contributed by atoms with Crippen molar-refractivity contribution in [3.8, 4) is 0 Å². The predicted octanol–water partition coefficient (Wildman–Crippen LogP) is 2.80. The zero-order chi connectivity index (χ0) is 13.8. The minimum absolute atomic E-state index is 0.465. The summed E-state index contributed by atoms with van der Waals surface area (Å²) in [5, 5.41) is 14.8. The van der Waals surface area contributed by atoms with Gasteiger partial charge in [0, 0.05) is 17.3 Å². The van der Waals surface area contributed by atoms with Crippen molar-refractivity contribution in [3.63, 3.8) is 0 Å². The second-order valence-corrected chi connectivity index (χ2v) is 4.33. The van der Waals surface area contributed by atoms with Crippen LogP contribution in [0.1, 0.15) is 22.5 Å². The van der Waals surface area contributed by atoms with Crippen LogP contribution in [0.4, 0.5) is 0 Å². The van der Waals surface area contributed by atoms with Gasteiger partial charge in [-0.25, -0.2) is 0 Å². The van der Waals surface area contributed by atoms with Crippen LogP contribution < -0.4 is 0 Å². The molecule has 0 spiro atoms. The Kier molecular flexibility index (Phi) is 3.75.